The van der Waals surface area contributed by atoms with E-state index in [1.165, 1.54) is 6.92 Å². The Balaban J connectivity index is 1.81. The fourth-order valence-electron chi connectivity index (χ4n) is 4.92. The van der Waals surface area contributed by atoms with Crippen molar-refractivity contribution in [3.8, 4) is 0 Å². The van der Waals surface area contributed by atoms with E-state index in [4.69, 9.17) is 11.6 Å². The van der Waals surface area contributed by atoms with Gasteiger partial charge >= 0.3 is 18.2 Å². The van der Waals surface area contributed by atoms with Crippen LogP contribution in [0, 0.1) is 11.6 Å². The average Bonchev–Trinajstić information content (AvgIpc) is 3.37. The van der Waals surface area contributed by atoms with Crippen molar-refractivity contribution in [1.82, 2.24) is 14.5 Å². The van der Waals surface area contributed by atoms with E-state index in [9.17, 15) is 49.5 Å². The molecule has 2 amide bonds. The first kappa shape index (κ1) is 29.1. The average molecular weight is 619 g/mol. The number of anilines is 1. The summed E-state index contributed by atoms with van der Waals surface area (Å²) in [5.41, 5.74) is -6.86. The molecule has 0 spiro atoms. The van der Waals surface area contributed by atoms with Crippen molar-refractivity contribution in [2.75, 3.05) is 5.32 Å². The van der Waals surface area contributed by atoms with Crippen LogP contribution in [0.15, 0.2) is 47.3 Å². The first-order valence-corrected chi connectivity index (χ1v) is 12.2. The molecule has 0 saturated carbocycles. The molecule has 2 heterocycles. The second-order valence-electron chi connectivity index (χ2n) is 9.16. The van der Waals surface area contributed by atoms with Crippen molar-refractivity contribution >= 4 is 40.1 Å². The summed E-state index contributed by atoms with van der Waals surface area (Å²) in [4.78, 5) is 39.2. The molecule has 1 unspecified atom stereocenters. The number of aryl methyl sites for hydroxylation is 1. The largest absolute Gasteiger partial charge is 0.493 e. The van der Waals surface area contributed by atoms with Crippen LogP contribution in [0.3, 0.4) is 0 Å². The molecule has 3 aromatic carbocycles. The van der Waals surface area contributed by atoms with Gasteiger partial charge in [0.25, 0.3) is 11.8 Å². The molecule has 1 aromatic heterocycles. The van der Waals surface area contributed by atoms with E-state index in [-0.39, 0.29) is 28.8 Å². The van der Waals surface area contributed by atoms with E-state index in [1.807, 2.05) is 0 Å². The summed E-state index contributed by atoms with van der Waals surface area (Å²) in [6.45, 7) is 1.03. The SMILES string of the molecule is CCn1c(=O)n(C(F)(F)F)c2c3c(c(NC(=O)c4cc(F)cc(C(F)(F)F)c4)cc21)C(c1cc(F)ccc1Cl)NC3=O. The molecule has 0 fully saturated rings. The highest BCUT2D eigenvalue weighted by atomic mass is 35.5. The molecule has 2 N–H and O–H groups in total. The molecule has 1 aliphatic rings. The molecule has 0 aliphatic carbocycles. The summed E-state index contributed by atoms with van der Waals surface area (Å²) in [6, 6.07) is 3.41. The molecule has 4 aromatic rings. The Morgan fingerprint density at radius 2 is 1.69 bits per heavy atom. The minimum Gasteiger partial charge on any atom is -0.341 e. The maximum atomic E-state index is 14.2. The zero-order valence-electron chi connectivity index (χ0n) is 20.8. The van der Waals surface area contributed by atoms with Gasteiger partial charge in [-0.2, -0.15) is 13.2 Å². The van der Waals surface area contributed by atoms with Crippen LogP contribution in [0.5, 0.6) is 0 Å². The second-order valence-corrected chi connectivity index (χ2v) is 9.57. The molecule has 16 heteroatoms. The highest BCUT2D eigenvalue weighted by Crippen LogP contribution is 2.44. The third kappa shape index (κ3) is 4.76. The molecule has 0 bridgehead atoms. The smallest absolute Gasteiger partial charge is 0.341 e. The highest BCUT2D eigenvalue weighted by molar-refractivity contribution is 6.31. The van der Waals surface area contributed by atoms with Gasteiger partial charge in [-0.05, 0) is 49.4 Å². The quantitative estimate of drug-likeness (QED) is 0.262. The van der Waals surface area contributed by atoms with Gasteiger partial charge in [0.15, 0.2) is 0 Å². The Hall–Kier alpha value is -4.40. The first-order chi connectivity index (χ1) is 19.5. The van der Waals surface area contributed by atoms with Gasteiger partial charge in [0.1, 0.15) is 11.6 Å². The lowest BCUT2D eigenvalue weighted by Gasteiger charge is -2.19. The number of imidazole rings is 1. The van der Waals surface area contributed by atoms with E-state index in [2.05, 4.69) is 10.6 Å². The van der Waals surface area contributed by atoms with E-state index >= 15 is 0 Å². The Morgan fingerprint density at radius 1 is 1.00 bits per heavy atom. The number of nitrogens with zero attached hydrogens (tertiary/aromatic N) is 2. The summed E-state index contributed by atoms with van der Waals surface area (Å²) in [6.07, 6.45) is -10.3. The zero-order chi connectivity index (χ0) is 30.9. The van der Waals surface area contributed by atoms with E-state index in [1.54, 1.807) is 0 Å². The third-order valence-electron chi connectivity index (χ3n) is 6.62. The van der Waals surface area contributed by atoms with Crippen LogP contribution in [-0.2, 0) is 19.0 Å². The monoisotopic (exact) mass is 618 g/mol. The number of benzene rings is 3. The summed E-state index contributed by atoms with van der Waals surface area (Å²) in [7, 11) is 0. The zero-order valence-corrected chi connectivity index (χ0v) is 21.6. The van der Waals surface area contributed by atoms with Crippen molar-refractivity contribution in [3.63, 3.8) is 0 Å². The summed E-state index contributed by atoms with van der Waals surface area (Å²) in [5.74, 6) is -4.72. The molecule has 42 heavy (non-hydrogen) atoms. The van der Waals surface area contributed by atoms with Crippen LogP contribution < -0.4 is 16.3 Å². The number of hydrogen-bond acceptors (Lipinski definition) is 3. The lowest BCUT2D eigenvalue weighted by molar-refractivity contribution is -0.203. The summed E-state index contributed by atoms with van der Waals surface area (Å²) < 4.78 is 110. The number of halogens is 9. The number of hydrogen-bond donors (Lipinski definition) is 2. The van der Waals surface area contributed by atoms with Crippen LogP contribution in [0.1, 0.15) is 50.4 Å². The van der Waals surface area contributed by atoms with Gasteiger partial charge in [0.05, 0.1) is 28.2 Å². The number of carbonyl (C=O) groups excluding carboxylic acids is 2. The summed E-state index contributed by atoms with van der Waals surface area (Å²) >= 11 is 6.20. The van der Waals surface area contributed by atoms with E-state index in [0.29, 0.717) is 16.7 Å². The Kier molecular flexibility index (Phi) is 6.83. The fourth-order valence-corrected chi connectivity index (χ4v) is 5.15. The van der Waals surface area contributed by atoms with Crippen LogP contribution in [0.2, 0.25) is 5.02 Å². The highest BCUT2D eigenvalue weighted by Gasteiger charge is 2.43. The number of nitrogens with one attached hydrogen (secondary N) is 2. The van der Waals surface area contributed by atoms with Gasteiger partial charge in [-0.1, -0.05) is 11.6 Å². The lowest BCUT2D eigenvalue weighted by atomic mass is 9.95. The van der Waals surface area contributed by atoms with Gasteiger partial charge < -0.3 is 10.6 Å². The van der Waals surface area contributed by atoms with Crippen LogP contribution in [0.4, 0.5) is 40.8 Å². The van der Waals surface area contributed by atoms with Gasteiger partial charge in [0, 0.05) is 33.9 Å². The van der Waals surface area contributed by atoms with Crippen molar-refractivity contribution < 1.29 is 44.7 Å². The van der Waals surface area contributed by atoms with Crippen LogP contribution in [0.25, 0.3) is 11.0 Å². The van der Waals surface area contributed by atoms with Crippen molar-refractivity contribution in [2.45, 2.75) is 32.0 Å². The van der Waals surface area contributed by atoms with Crippen molar-refractivity contribution in [3.05, 3.63) is 97.4 Å². The number of alkyl halides is 6. The fraction of sp³-hybridized carbons (Fsp3) is 0.192. The van der Waals surface area contributed by atoms with Gasteiger partial charge in [-0.3, -0.25) is 14.2 Å². The molecule has 0 saturated heterocycles. The molecular formula is C26H15ClF8N4O3. The van der Waals surface area contributed by atoms with E-state index < -0.39 is 85.6 Å². The topological polar surface area (TPSA) is 85.1 Å². The van der Waals surface area contributed by atoms with Gasteiger partial charge in [-0.15, -0.1) is 13.2 Å². The third-order valence-corrected chi connectivity index (χ3v) is 6.97. The molecule has 1 aliphatic heterocycles. The molecule has 1 atom stereocenters. The Labute approximate surface area is 234 Å². The number of fused-ring (bicyclic) bond motifs is 3. The standard InChI is InChI=1S/C26H15ClF8N4O3/c1-2-38-17-9-16(36-22(40)10-5-11(25(30,31)32)7-13(29)6-10)18-19(21(17)39(24(38)42)26(33,34)35)23(41)37-20(18)14-8-12(28)3-4-15(14)27/h3-9,20H,2H2,1H3,(H,36,40)(H,37,41). The van der Waals surface area contributed by atoms with E-state index in [0.717, 1.165) is 24.3 Å². The normalized spacial score (nSPS) is 15.2. The molecule has 7 nitrogen and oxygen atoms in total. The Morgan fingerprint density at radius 3 is 2.31 bits per heavy atom. The van der Waals surface area contributed by atoms with Crippen molar-refractivity contribution in [2.24, 2.45) is 0 Å². The molecular weight excluding hydrogens is 604 g/mol. The molecule has 220 valence electrons. The van der Waals surface area contributed by atoms with Crippen molar-refractivity contribution in [1.29, 1.82) is 0 Å². The summed E-state index contributed by atoms with van der Waals surface area (Å²) in [5, 5.41) is 4.46. The minimum absolute atomic E-state index is 0.133. The van der Waals surface area contributed by atoms with Gasteiger partial charge in [-0.25, -0.2) is 18.1 Å². The maximum Gasteiger partial charge on any atom is 0.493 e. The predicted octanol–water partition coefficient (Wildman–Crippen LogP) is 6.33. The number of carbonyl (C=O) groups is 2. The predicted molar refractivity (Wildman–Crippen MR) is 133 cm³/mol. The lowest BCUT2D eigenvalue weighted by Crippen LogP contribution is -2.32. The second kappa shape index (κ2) is 9.86. The van der Waals surface area contributed by atoms with Gasteiger partial charge in [0.2, 0.25) is 0 Å². The van der Waals surface area contributed by atoms with Crippen LogP contribution >= 0.6 is 11.6 Å². The minimum atomic E-state index is -5.31. The molecule has 0 radical (unpaired) electrons. The number of amides is 2. The number of rotatable bonds is 4. The molecule has 5 rings (SSSR count). The first-order valence-electron chi connectivity index (χ1n) is 11.9. The Bertz CT molecular complexity index is 1860. The maximum absolute atomic E-state index is 14.2. The number of aromatic nitrogens is 2. The van der Waals surface area contributed by atoms with Crippen LogP contribution in [-0.4, -0.2) is 20.9 Å².